The van der Waals surface area contributed by atoms with Crippen molar-refractivity contribution in [3.8, 4) is 0 Å². The highest BCUT2D eigenvalue weighted by Crippen LogP contribution is 2.11. The van der Waals surface area contributed by atoms with E-state index in [9.17, 15) is 4.79 Å². The van der Waals surface area contributed by atoms with E-state index >= 15 is 0 Å². The van der Waals surface area contributed by atoms with Crippen molar-refractivity contribution >= 4 is 11.6 Å². The summed E-state index contributed by atoms with van der Waals surface area (Å²) in [6.45, 7) is 8.15. The second kappa shape index (κ2) is 4.96. The van der Waals surface area contributed by atoms with Crippen molar-refractivity contribution in [2.24, 2.45) is 5.92 Å². The molecule has 1 aromatic heterocycles. The number of carbonyl (C=O) groups is 1. The molecule has 1 aromatic rings. The molecule has 1 rings (SSSR count). The lowest BCUT2D eigenvalue weighted by atomic mass is 10.1. The zero-order valence-electron chi connectivity index (χ0n) is 9.82. The van der Waals surface area contributed by atoms with Gasteiger partial charge in [-0.15, -0.1) is 0 Å². The molecular formula is C11H19N3O. The van der Waals surface area contributed by atoms with Crippen LogP contribution >= 0.6 is 0 Å². The van der Waals surface area contributed by atoms with Gasteiger partial charge in [0.25, 0.3) is 0 Å². The summed E-state index contributed by atoms with van der Waals surface area (Å²) in [6.07, 6.45) is 4.08. The number of aromatic nitrogens is 2. The molecule has 0 fully saturated rings. The van der Waals surface area contributed by atoms with Crippen LogP contribution in [0.2, 0.25) is 0 Å². The van der Waals surface area contributed by atoms with Crippen molar-refractivity contribution in [1.29, 1.82) is 0 Å². The molecule has 84 valence electrons. The third-order valence-electron chi connectivity index (χ3n) is 2.01. The molecule has 0 bridgehead atoms. The Labute approximate surface area is 90.7 Å². The Bertz CT molecular complexity index is 328. The number of amides is 1. The molecule has 0 aliphatic heterocycles. The van der Waals surface area contributed by atoms with Crippen LogP contribution in [-0.4, -0.2) is 15.7 Å². The van der Waals surface area contributed by atoms with Crippen molar-refractivity contribution in [3.05, 3.63) is 12.4 Å². The summed E-state index contributed by atoms with van der Waals surface area (Å²) >= 11 is 0. The maximum atomic E-state index is 11.5. The van der Waals surface area contributed by atoms with Crippen LogP contribution in [0.15, 0.2) is 12.4 Å². The van der Waals surface area contributed by atoms with E-state index in [0.29, 0.717) is 18.4 Å². The quantitative estimate of drug-likeness (QED) is 0.828. The van der Waals surface area contributed by atoms with Gasteiger partial charge in [-0.05, 0) is 19.8 Å². The average molecular weight is 209 g/mol. The van der Waals surface area contributed by atoms with E-state index in [1.165, 1.54) is 0 Å². The zero-order valence-corrected chi connectivity index (χ0v) is 9.82. The van der Waals surface area contributed by atoms with E-state index in [0.717, 1.165) is 5.69 Å². The highest BCUT2D eigenvalue weighted by Gasteiger charge is 2.07. The van der Waals surface area contributed by atoms with Gasteiger partial charge in [-0.3, -0.25) is 9.48 Å². The van der Waals surface area contributed by atoms with E-state index in [1.54, 1.807) is 6.20 Å². The zero-order chi connectivity index (χ0) is 11.4. The second-order valence-corrected chi connectivity index (χ2v) is 4.45. The van der Waals surface area contributed by atoms with Crippen LogP contribution in [-0.2, 0) is 4.79 Å². The number of anilines is 1. The number of hydrogen-bond acceptors (Lipinski definition) is 2. The molecule has 15 heavy (non-hydrogen) atoms. The van der Waals surface area contributed by atoms with Gasteiger partial charge in [0.05, 0.1) is 11.9 Å². The highest BCUT2D eigenvalue weighted by atomic mass is 16.1. The van der Waals surface area contributed by atoms with Gasteiger partial charge in [-0.1, -0.05) is 13.8 Å². The summed E-state index contributed by atoms with van der Waals surface area (Å²) in [5.41, 5.74) is 0.773. The van der Waals surface area contributed by atoms with Gasteiger partial charge in [0.2, 0.25) is 5.91 Å². The Hall–Kier alpha value is -1.32. The van der Waals surface area contributed by atoms with Gasteiger partial charge >= 0.3 is 0 Å². The van der Waals surface area contributed by atoms with E-state index in [1.807, 2.05) is 38.6 Å². The predicted octanol–water partition coefficient (Wildman–Crippen LogP) is 2.45. The van der Waals surface area contributed by atoms with Crippen molar-refractivity contribution in [1.82, 2.24) is 9.78 Å². The second-order valence-electron chi connectivity index (χ2n) is 4.45. The fourth-order valence-corrected chi connectivity index (χ4v) is 1.27. The SMILES string of the molecule is CC(C)CC(=O)Nc1cnn(C(C)C)c1. The third-order valence-corrected chi connectivity index (χ3v) is 2.01. The van der Waals surface area contributed by atoms with Crippen LogP contribution in [0, 0.1) is 5.92 Å². The maximum absolute atomic E-state index is 11.5. The first-order chi connectivity index (χ1) is 6.99. The van der Waals surface area contributed by atoms with Crippen LogP contribution in [0.3, 0.4) is 0 Å². The summed E-state index contributed by atoms with van der Waals surface area (Å²) in [6, 6.07) is 0.320. The van der Waals surface area contributed by atoms with Gasteiger partial charge in [-0.25, -0.2) is 0 Å². The monoisotopic (exact) mass is 209 g/mol. The number of nitrogens with one attached hydrogen (secondary N) is 1. The van der Waals surface area contributed by atoms with Crippen LogP contribution in [0.25, 0.3) is 0 Å². The Morgan fingerprint density at radius 3 is 2.60 bits per heavy atom. The summed E-state index contributed by atoms with van der Waals surface area (Å²) in [5, 5.41) is 6.98. The van der Waals surface area contributed by atoms with Gasteiger partial charge in [-0.2, -0.15) is 5.10 Å². The first-order valence-electron chi connectivity index (χ1n) is 5.33. The molecule has 4 nitrogen and oxygen atoms in total. The molecule has 0 atom stereocenters. The number of hydrogen-bond donors (Lipinski definition) is 1. The number of nitrogens with zero attached hydrogens (tertiary/aromatic N) is 2. The van der Waals surface area contributed by atoms with Crippen LogP contribution in [0.4, 0.5) is 5.69 Å². The molecule has 4 heteroatoms. The van der Waals surface area contributed by atoms with Gasteiger partial charge in [0.15, 0.2) is 0 Å². The molecule has 0 aromatic carbocycles. The van der Waals surface area contributed by atoms with E-state index in [-0.39, 0.29) is 5.91 Å². The lowest BCUT2D eigenvalue weighted by Crippen LogP contribution is -2.13. The van der Waals surface area contributed by atoms with E-state index < -0.39 is 0 Å². The standard InChI is InChI=1S/C11H19N3O/c1-8(2)5-11(15)13-10-6-12-14(7-10)9(3)4/h6-9H,5H2,1-4H3,(H,13,15). The lowest BCUT2D eigenvalue weighted by molar-refractivity contribution is -0.116. The van der Waals surface area contributed by atoms with Crippen molar-refractivity contribution in [2.75, 3.05) is 5.32 Å². The number of rotatable bonds is 4. The summed E-state index contributed by atoms with van der Waals surface area (Å²) < 4.78 is 1.82. The Morgan fingerprint density at radius 2 is 2.13 bits per heavy atom. The first kappa shape index (κ1) is 11.8. The topological polar surface area (TPSA) is 46.9 Å². The minimum absolute atomic E-state index is 0.0494. The van der Waals surface area contributed by atoms with Crippen LogP contribution < -0.4 is 5.32 Å². The normalized spacial score (nSPS) is 11.1. The highest BCUT2D eigenvalue weighted by molar-refractivity contribution is 5.90. The largest absolute Gasteiger partial charge is 0.323 e. The molecular weight excluding hydrogens is 190 g/mol. The molecule has 1 heterocycles. The molecule has 0 unspecified atom stereocenters. The van der Waals surface area contributed by atoms with E-state index in [4.69, 9.17) is 0 Å². The first-order valence-corrected chi connectivity index (χ1v) is 5.33. The minimum atomic E-state index is 0.0494. The Balaban J connectivity index is 2.53. The summed E-state index contributed by atoms with van der Waals surface area (Å²) in [7, 11) is 0. The molecule has 1 amide bonds. The van der Waals surface area contributed by atoms with Gasteiger partial charge in [0, 0.05) is 18.7 Å². The molecule has 0 aliphatic rings. The predicted molar refractivity (Wildman–Crippen MR) is 60.7 cm³/mol. The molecule has 0 saturated carbocycles. The Morgan fingerprint density at radius 1 is 1.47 bits per heavy atom. The lowest BCUT2D eigenvalue weighted by Gasteiger charge is -2.05. The van der Waals surface area contributed by atoms with Crippen LogP contribution in [0.1, 0.15) is 40.2 Å². The summed E-state index contributed by atoms with van der Waals surface area (Å²) in [4.78, 5) is 11.5. The van der Waals surface area contributed by atoms with Gasteiger partial charge < -0.3 is 5.32 Å². The minimum Gasteiger partial charge on any atom is -0.323 e. The smallest absolute Gasteiger partial charge is 0.224 e. The van der Waals surface area contributed by atoms with E-state index in [2.05, 4.69) is 10.4 Å². The fourth-order valence-electron chi connectivity index (χ4n) is 1.27. The maximum Gasteiger partial charge on any atom is 0.224 e. The average Bonchev–Trinajstić information content (AvgIpc) is 2.50. The van der Waals surface area contributed by atoms with Gasteiger partial charge in [0.1, 0.15) is 0 Å². The van der Waals surface area contributed by atoms with Crippen molar-refractivity contribution in [3.63, 3.8) is 0 Å². The van der Waals surface area contributed by atoms with Crippen LogP contribution in [0.5, 0.6) is 0 Å². The Kier molecular flexibility index (Phi) is 3.88. The molecule has 1 N–H and O–H groups in total. The number of carbonyl (C=O) groups excluding carboxylic acids is 1. The van der Waals surface area contributed by atoms with Crippen molar-refractivity contribution < 1.29 is 4.79 Å². The molecule has 0 radical (unpaired) electrons. The molecule has 0 saturated heterocycles. The summed E-state index contributed by atoms with van der Waals surface area (Å²) in [5.74, 6) is 0.429. The fraction of sp³-hybridized carbons (Fsp3) is 0.636. The molecule has 0 aliphatic carbocycles. The molecule has 0 spiro atoms. The third kappa shape index (κ3) is 3.73. The van der Waals surface area contributed by atoms with Crippen molar-refractivity contribution in [2.45, 2.75) is 40.2 Å².